The number of pyridine rings is 1. The number of nitrogen functional groups attached to an aromatic ring is 1. The van der Waals surface area contributed by atoms with Gasteiger partial charge in [0.05, 0.1) is 18.0 Å². The summed E-state index contributed by atoms with van der Waals surface area (Å²) in [6.07, 6.45) is 12.6. The smallest absolute Gasteiger partial charge is 0.270 e. The second kappa shape index (κ2) is 12.2. The highest BCUT2D eigenvalue weighted by atomic mass is 32.1. The molecule has 1 aromatic carbocycles. The van der Waals surface area contributed by atoms with E-state index in [1.165, 1.54) is 11.3 Å². The minimum atomic E-state index is -0.145. The van der Waals surface area contributed by atoms with Crippen molar-refractivity contribution in [2.75, 3.05) is 36.9 Å². The number of dihydropyridines is 1. The fourth-order valence-corrected chi connectivity index (χ4v) is 4.81. The normalized spacial score (nSPS) is 13.3. The number of ether oxygens (including phenoxy) is 1. The number of benzene rings is 1. The first kappa shape index (κ1) is 24.6. The molecule has 0 unspecified atom stereocenters. The van der Waals surface area contributed by atoms with Crippen molar-refractivity contribution < 1.29 is 9.53 Å². The van der Waals surface area contributed by atoms with Crippen LogP contribution in [0.25, 0.3) is 15.8 Å². The molecule has 1 aliphatic rings. The molecule has 0 saturated carbocycles. The van der Waals surface area contributed by atoms with Crippen molar-refractivity contribution in [3.8, 4) is 0 Å². The molecule has 2 N–H and O–H groups in total. The molecule has 0 fully saturated rings. The van der Waals surface area contributed by atoms with E-state index in [0.717, 1.165) is 53.0 Å². The van der Waals surface area contributed by atoms with E-state index in [9.17, 15) is 4.79 Å². The second-order valence-electron chi connectivity index (χ2n) is 8.11. The molecule has 0 atom stereocenters. The van der Waals surface area contributed by atoms with Gasteiger partial charge in [0, 0.05) is 42.6 Å². The van der Waals surface area contributed by atoms with E-state index in [1.54, 1.807) is 4.90 Å². The Bertz CT molecular complexity index is 1260. The molecular formula is C28H30N4O2S. The third-order valence-corrected chi connectivity index (χ3v) is 6.72. The van der Waals surface area contributed by atoms with Crippen molar-refractivity contribution in [1.29, 1.82) is 0 Å². The lowest BCUT2D eigenvalue weighted by Crippen LogP contribution is -2.31. The summed E-state index contributed by atoms with van der Waals surface area (Å²) in [5.41, 5.74) is 9.58. The van der Waals surface area contributed by atoms with E-state index >= 15 is 0 Å². The molecule has 3 aromatic rings. The number of unbranched alkanes of at least 4 members (excludes halogenated alkanes) is 1. The predicted molar refractivity (Wildman–Crippen MR) is 147 cm³/mol. The first-order valence-corrected chi connectivity index (χ1v) is 12.6. The summed E-state index contributed by atoms with van der Waals surface area (Å²) in [5, 5.41) is 0.798. The number of amides is 1. The number of nitrogens with zero attached hydrogens (tertiary/aromatic N) is 3. The van der Waals surface area contributed by atoms with Gasteiger partial charge in [-0.15, -0.1) is 17.9 Å². The fraction of sp³-hybridized carbons (Fsp3) is 0.250. The van der Waals surface area contributed by atoms with Gasteiger partial charge in [0.1, 0.15) is 9.71 Å². The lowest BCUT2D eigenvalue weighted by atomic mass is 10.1. The van der Waals surface area contributed by atoms with Crippen LogP contribution in [0.5, 0.6) is 0 Å². The number of rotatable bonds is 11. The Balaban J connectivity index is 1.54. The van der Waals surface area contributed by atoms with Crippen LogP contribution >= 0.6 is 11.3 Å². The van der Waals surface area contributed by atoms with E-state index in [0.29, 0.717) is 30.3 Å². The number of carbonyl (C=O) groups excluding carboxylic acids is 1. The lowest BCUT2D eigenvalue weighted by Gasteiger charge is -2.21. The van der Waals surface area contributed by atoms with Crippen LogP contribution in [0.2, 0.25) is 0 Å². The standard InChI is InChI=1S/C28H30N4O2S/c1-2-3-8-18-34-19-9-7-17-32(22-12-5-4-6-13-22)28(33)26-25(29)23-14-15-24(31-27(23)35-26)21-11-10-16-30-20-21/h2,4-7,9,11-15,20H,1,3,8,10,16-19,29H2/b9-7-. The monoisotopic (exact) mass is 486 g/mol. The second-order valence-corrected chi connectivity index (χ2v) is 9.11. The number of thiophene rings is 1. The third-order valence-electron chi connectivity index (χ3n) is 5.62. The van der Waals surface area contributed by atoms with Crippen molar-refractivity contribution >= 4 is 50.6 Å². The Morgan fingerprint density at radius 3 is 2.83 bits per heavy atom. The molecule has 0 aliphatic carbocycles. The maximum atomic E-state index is 13.7. The first-order chi connectivity index (χ1) is 17.2. The summed E-state index contributed by atoms with van der Waals surface area (Å²) in [4.78, 5) is 25.8. The van der Waals surface area contributed by atoms with Crippen LogP contribution in [0.1, 0.15) is 34.6 Å². The zero-order valence-corrected chi connectivity index (χ0v) is 20.5. The van der Waals surface area contributed by atoms with Crippen molar-refractivity contribution in [2.45, 2.75) is 19.3 Å². The molecule has 35 heavy (non-hydrogen) atoms. The largest absolute Gasteiger partial charge is 0.397 e. The molecule has 0 spiro atoms. The summed E-state index contributed by atoms with van der Waals surface area (Å²) in [5.74, 6) is -0.145. The van der Waals surface area contributed by atoms with Gasteiger partial charge in [0.15, 0.2) is 0 Å². The van der Waals surface area contributed by atoms with Crippen molar-refractivity contribution in [3.05, 3.63) is 83.9 Å². The molecule has 1 amide bonds. The van der Waals surface area contributed by atoms with E-state index in [4.69, 9.17) is 15.5 Å². The highest BCUT2D eigenvalue weighted by Crippen LogP contribution is 2.35. The molecule has 7 heteroatoms. The zero-order valence-electron chi connectivity index (χ0n) is 19.7. The quantitative estimate of drug-likeness (QED) is 0.269. The number of hydrogen-bond acceptors (Lipinski definition) is 6. The summed E-state index contributed by atoms with van der Waals surface area (Å²) >= 11 is 1.33. The Morgan fingerprint density at radius 1 is 1.20 bits per heavy atom. The van der Waals surface area contributed by atoms with Crippen LogP contribution in [0, 0.1) is 0 Å². The molecule has 2 aromatic heterocycles. The highest BCUT2D eigenvalue weighted by molar-refractivity contribution is 7.21. The number of aliphatic imine (C=N–C) groups is 1. The van der Waals surface area contributed by atoms with Crippen LogP contribution in [0.3, 0.4) is 0 Å². The topological polar surface area (TPSA) is 80.8 Å². The van der Waals surface area contributed by atoms with Gasteiger partial charge < -0.3 is 15.4 Å². The predicted octanol–water partition coefficient (Wildman–Crippen LogP) is 5.92. The minimum absolute atomic E-state index is 0.145. The van der Waals surface area contributed by atoms with Gasteiger partial charge in [-0.1, -0.05) is 42.5 Å². The van der Waals surface area contributed by atoms with Crippen LogP contribution < -0.4 is 10.6 Å². The fourth-order valence-electron chi connectivity index (χ4n) is 3.76. The van der Waals surface area contributed by atoms with E-state index in [1.807, 2.05) is 66.9 Å². The molecule has 0 radical (unpaired) electrons. The molecule has 1 aliphatic heterocycles. The summed E-state index contributed by atoms with van der Waals surface area (Å²) < 4.78 is 5.61. The average Bonchev–Trinajstić information content (AvgIpc) is 3.24. The van der Waals surface area contributed by atoms with Crippen LogP contribution in [-0.4, -0.2) is 43.4 Å². The van der Waals surface area contributed by atoms with Crippen molar-refractivity contribution in [3.63, 3.8) is 0 Å². The Hall–Kier alpha value is -3.55. The van der Waals surface area contributed by atoms with E-state index in [-0.39, 0.29) is 5.91 Å². The number of nitrogens with two attached hydrogens (primary N) is 1. The van der Waals surface area contributed by atoms with Crippen LogP contribution in [0.15, 0.2) is 78.3 Å². The van der Waals surface area contributed by atoms with Gasteiger partial charge in [-0.25, -0.2) is 4.98 Å². The van der Waals surface area contributed by atoms with Gasteiger partial charge in [0.2, 0.25) is 0 Å². The van der Waals surface area contributed by atoms with Crippen LogP contribution in [-0.2, 0) is 4.74 Å². The van der Waals surface area contributed by atoms with Gasteiger partial charge >= 0.3 is 0 Å². The number of allylic oxidation sites excluding steroid dienone is 2. The minimum Gasteiger partial charge on any atom is -0.397 e. The van der Waals surface area contributed by atoms with E-state index in [2.05, 4.69) is 17.6 Å². The molecule has 4 rings (SSSR count). The number of anilines is 2. The summed E-state index contributed by atoms with van der Waals surface area (Å²) in [6, 6.07) is 13.5. The molecule has 0 bridgehead atoms. The van der Waals surface area contributed by atoms with E-state index < -0.39 is 0 Å². The first-order valence-electron chi connectivity index (χ1n) is 11.8. The number of hydrogen-bond donors (Lipinski definition) is 1. The molecule has 0 saturated heterocycles. The Kier molecular flexibility index (Phi) is 8.59. The zero-order chi connectivity index (χ0) is 24.5. The molecule has 3 heterocycles. The van der Waals surface area contributed by atoms with Gasteiger partial charge in [-0.2, -0.15) is 0 Å². The molecular weight excluding hydrogens is 456 g/mol. The highest BCUT2D eigenvalue weighted by Gasteiger charge is 2.23. The maximum Gasteiger partial charge on any atom is 0.270 e. The van der Waals surface area contributed by atoms with Crippen LogP contribution in [0.4, 0.5) is 11.4 Å². The maximum absolute atomic E-state index is 13.7. The number of fused-ring (bicyclic) bond motifs is 1. The SMILES string of the molecule is C=CCCCOC/C=C\CN(C(=O)c1sc2nc(C3=CCCN=C3)ccc2c1N)c1ccccc1. The average molecular weight is 487 g/mol. The van der Waals surface area contributed by atoms with Gasteiger partial charge in [-0.05, 0) is 43.5 Å². The van der Waals surface area contributed by atoms with Gasteiger partial charge in [0.25, 0.3) is 5.91 Å². The molecule has 6 nitrogen and oxygen atoms in total. The Morgan fingerprint density at radius 2 is 2.06 bits per heavy atom. The molecule has 180 valence electrons. The summed E-state index contributed by atoms with van der Waals surface area (Å²) in [6.45, 7) is 6.13. The third kappa shape index (κ3) is 6.12. The number of carbonyl (C=O) groups is 1. The van der Waals surface area contributed by atoms with Gasteiger partial charge in [-0.3, -0.25) is 9.79 Å². The van der Waals surface area contributed by atoms with Crippen molar-refractivity contribution in [2.24, 2.45) is 4.99 Å². The lowest BCUT2D eigenvalue weighted by molar-refractivity contribution is 0.0994. The number of para-hydroxylation sites is 1. The summed E-state index contributed by atoms with van der Waals surface area (Å²) in [7, 11) is 0. The van der Waals surface area contributed by atoms with Crippen molar-refractivity contribution in [1.82, 2.24) is 4.98 Å². The number of aromatic nitrogens is 1. The Labute approximate surface area is 210 Å².